The Hall–Kier alpha value is -3.93. The molecule has 1 unspecified atom stereocenters. The number of unbranched alkanes of at least 4 members (excludes halogenated alkanes) is 33. The third-order valence-corrected chi connectivity index (χ3v) is 14.7. The first kappa shape index (κ1) is 77.1. The highest BCUT2D eigenvalue weighted by atomic mass is 16.6. The minimum Gasteiger partial charge on any atom is -0.462 e. The summed E-state index contributed by atoms with van der Waals surface area (Å²) >= 11 is 0. The van der Waals surface area contributed by atoms with Crippen molar-refractivity contribution in [2.45, 2.75) is 335 Å². The van der Waals surface area contributed by atoms with E-state index in [1.165, 1.54) is 180 Å². The summed E-state index contributed by atoms with van der Waals surface area (Å²) in [4.78, 5) is 38.5. The molecule has 0 fully saturated rings. The third-order valence-electron chi connectivity index (χ3n) is 14.7. The maximum absolute atomic E-state index is 13.0. The molecule has 6 heteroatoms. The summed E-state index contributed by atoms with van der Waals surface area (Å²) in [6.07, 6.45) is 93.8. The molecule has 0 amide bonds. The van der Waals surface area contributed by atoms with Gasteiger partial charge in [0.25, 0.3) is 0 Å². The predicted molar refractivity (Wildman–Crippen MR) is 353 cm³/mol. The maximum atomic E-state index is 13.0. The molecule has 0 aliphatic heterocycles. The molecule has 0 saturated heterocycles. The highest BCUT2D eigenvalue weighted by molar-refractivity contribution is 5.71. The highest BCUT2D eigenvalue weighted by Gasteiger charge is 2.19. The van der Waals surface area contributed by atoms with Gasteiger partial charge in [-0.3, -0.25) is 14.4 Å². The zero-order valence-corrected chi connectivity index (χ0v) is 53.3. The fraction of sp³-hybridized carbons (Fsp3) is 0.720. The van der Waals surface area contributed by atoms with Crippen molar-refractivity contribution in [2.24, 2.45) is 0 Å². The van der Waals surface area contributed by atoms with E-state index < -0.39 is 6.10 Å². The fourth-order valence-corrected chi connectivity index (χ4v) is 9.59. The molecular formula is C75H128O6. The van der Waals surface area contributed by atoms with Gasteiger partial charge in [0.05, 0.1) is 0 Å². The molecule has 0 spiro atoms. The lowest BCUT2D eigenvalue weighted by molar-refractivity contribution is -0.167. The van der Waals surface area contributed by atoms with Crippen molar-refractivity contribution in [3.63, 3.8) is 0 Å². The normalized spacial score (nSPS) is 12.8. The summed E-state index contributed by atoms with van der Waals surface area (Å²) in [5, 5.41) is 0. The van der Waals surface area contributed by atoms with Gasteiger partial charge < -0.3 is 14.2 Å². The summed E-state index contributed by atoms with van der Waals surface area (Å²) in [6.45, 7) is 6.50. The number of esters is 3. The van der Waals surface area contributed by atoms with E-state index in [0.717, 1.165) is 109 Å². The number of rotatable bonds is 62. The predicted octanol–water partition coefficient (Wildman–Crippen LogP) is 23.8. The molecule has 0 aliphatic rings. The topological polar surface area (TPSA) is 78.9 Å². The van der Waals surface area contributed by atoms with Gasteiger partial charge in [0.1, 0.15) is 13.2 Å². The second kappa shape index (κ2) is 68.6. The average molecular weight is 1130 g/mol. The van der Waals surface area contributed by atoms with Crippen LogP contribution in [0.2, 0.25) is 0 Å². The lowest BCUT2D eigenvalue weighted by Crippen LogP contribution is -2.30. The molecule has 464 valence electrons. The largest absolute Gasteiger partial charge is 0.462 e. The van der Waals surface area contributed by atoms with Crippen LogP contribution in [0, 0.1) is 0 Å². The molecule has 0 heterocycles. The van der Waals surface area contributed by atoms with Gasteiger partial charge in [-0.2, -0.15) is 0 Å². The second-order valence-electron chi connectivity index (χ2n) is 22.7. The number of allylic oxidation sites excluding steroid dienone is 18. The van der Waals surface area contributed by atoms with Crippen LogP contribution in [0.4, 0.5) is 0 Å². The van der Waals surface area contributed by atoms with Crippen LogP contribution in [0.15, 0.2) is 109 Å². The van der Waals surface area contributed by atoms with E-state index in [1.54, 1.807) is 0 Å². The second-order valence-corrected chi connectivity index (χ2v) is 22.7. The summed E-state index contributed by atoms with van der Waals surface area (Å²) in [7, 11) is 0. The molecule has 0 bridgehead atoms. The zero-order chi connectivity index (χ0) is 58.5. The average Bonchev–Trinajstić information content (AvgIpc) is 3.47. The Labute approximate surface area is 501 Å². The standard InChI is InChI=1S/C75H128O6/c1-4-7-10-13-16-19-22-25-28-31-34-35-36-37-38-39-42-44-47-50-53-56-59-62-65-68-74(77)80-71-72(81-75(78)69-66-63-60-57-54-51-48-45-41-33-30-27-24-21-18-15-12-9-6-3)70-79-73(76)67-64-61-58-55-52-49-46-43-40-32-29-26-23-20-17-14-11-8-5-2/h7,10,16-21,25-30,34-35,37-38,72H,4-6,8-9,11-15,22-24,31-33,36,39-71H2,1-3H3/b10-7-,19-16-,20-17-,21-18-,28-25-,29-26-,30-27-,35-34-,38-37-. The van der Waals surface area contributed by atoms with E-state index in [0.29, 0.717) is 19.3 Å². The van der Waals surface area contributed by atoms with Crippen molar-refractivity contribution in [3.05, 3.63) is 109 Å². The molecule has 0 aliphatic carbocycles. The molecule has 0 N–H and O–H groups in total. The smallest absolute Gasteiger partial charge is 0.306 e. The molecule has 1 atom stereocenters. The van der Waals surface area contributed by atoms with Crippen molar-refractivity contribution < 1.29 is 28.6 Å². The van der Waals surface area contributed by atoms with Gasteiger partial charge in [-0.15, -0.1) is 0 Å². The molecule has 0 aromatic heterocycles. The van der Waals surface area contributed by atoms with E-state index in [9.17, 15) is 14.4 Å². The molecule has 81 heavy (non-hydrogen) atoms. The molecule has 0 aromatic rings. The zero-order valence-electron chi connectivity index (χ0n) is 53.3. The van der Waals surface area contributed by atoms with E-state index in [2.05, 4.69) is 130 Å². The summed E-state index contributed by atoms with van der Waals surface area (Å²) in [5.74, 6) is -0.885. The highest BCUT2D eigenvalue weighted by Crippen LogP contribution is 2.16. The molecule has 0 rings (SSSR count). The first-order valence-electron chi connectivity index (χ1n) is 34.4. The molecular weight excluding hydrogens is 997 g/mol. The van der Waals surface area contributed by atoms with E-state index in [-0.39, 0.29) is 31.1 Å². The Morgan fingerprint density at radius 3 is 0.753 bits per heavy atom. The van der Waals surface area contributed by atoms with Crippen LogP contribution in [0.3, 0.4) is 0 Å². The van der Waals surface area contributed by atoms with E-state index in [4.69, 9.17) is 14.2 Å². The van der Waals surface area contributed by atoms with E-state index in [1.807, 2.05) is 0 Å². The minimum atomic E-state index is -0.788. The van der Waals surface area contributed by atoms with Crippen molar-refractivity contribution in [3.8, 4) is 0 Å². The van der Waals surface area contributed by atoms with Crippen LogP contribution >= 0.6 is 0 Å². The third kappa shape index (κ3) is 66.8. The maximum Gasteiger partial charge on any atom is 0.306 e. The minimum absolute atomic E-state index is 0.0833. The number of carbonyl (C=O) groups is 3. The summed E-state index contributed by atoms with van der Waals surface area (Å²) in [5.41, 5.74) is 0. The number of ether oxygens (including phenoxy) is 3. The van der Waals surface area contributed by atoms with Gasteiger partial charge in [-0.05, 0) is 128 Å². The van der Waals surface area contributed by atoms with Crippen molar-refractivity contribution >= 4 is 17.9 Å². The van der Waals surface area contributed by atoms with Crippen LogP contribution in [0.1, 0.15) is 329 Å². The Morgan fingerprint density at radius 2 is 0.481 bits per heavy atom. The van der Waals surface area contributed by atoms with Gasteiger partial charge in [-0.1, -0.05) is 291 Å². The summed E-state index contributed by atoms with van der Waals surface area (Å²) < 4.78 is 17.0. The summed E-state index contributed by atoms with van der Waals surface area (Å²) in [6, 6.07) is 0. The molecule has 0 radical (unpaired) electrons. The first-order chi connectivity index (χ1) is 40.0. The number of carbonyl (C=O) groups excluding carboxylic acids is 3. The van der Waals surface area contributed by atoms with Gasteiger partial charge in [0.15, 0.2) is 6.10 Å². The van der Waals surface area contributed by atoms with Gasteiger partial charge in [-0.25, -0.2) is 0 Å². The number of hydrogen-bond donors (Lipinski definition) is 0. The molecule has 0 saturated carbocycles. The monoisotopic (exact) mass is 1120 g/mol. The van der Waals surface area contributed by atoms with Gasteiger partial charge in [0.2, 0.25) is 0 Å². The van der Waals surface area contributed by atoms with Crippen LogP contribution in [0.5, 0.6) is 0 Å². The van der Waals surface area contributed by atoms with Crippen LogP contribution in [-0.4, -0.2) is 37.2 Å². The van der Waals surface area contributed by atoms with E-state index >= 15 is 0 Å². The Bertz CT molecular complexity index is 1620. The van der Waals surface area contributed by atoms with Crippen molar-refractivity contribution in [1.29, 1.82) is 0 Å². The number of hydrogen-bond acceptors (Lipinski definition) is 6. The van der Waals surface area contributed by atoms with Crippen LogP contribution < -0.4 is 0 Å². The van der Waals surface area contributed by atoms with Crippen molar-refractivity contribution in [2.75, 3.05) is 13.2 Å². The Balaban J connectivity index is 4.39. The quantitative estimate of drug-likeness (QED) is 0.0261. The molecule has 6 nitrogen and oxygen atoms in total. The SMILES string of the molecule is CC/C=C\C/C=C\C/C=C\C/C=C\C/C=C\CCCCCCCCCCCC(=O)OCC(COC(=O)CCCCCCCCCCC/C=C\C/C=C\CCCCC)OC(=O)CCCCCCCCCCC/C=C\C/C=C\CCCCC. The van der Waals surface area contributed by atoms with Gasteiger partial charge in [0, 0.05) is 19.3 Å². The fourth-order valence-electron chi connectivity index (χ4n) is 9.59. The molecule has 0 aromatic carbocycles. The Morgan fingerprint density at radius 1 is 0.259 bits per heavy atom. The lowest BCUT2D eigenvalue weighted by Gasteiger charge is -2.18. The first-order valence-corrected chi connectivity index (χ1v) is 34.4. The van der Waals surface area contributed by atoms with Gasteiger partial charge >= 0.3 is 17.9 Å². The Kier molecular flexibility index (Phi) is 65.2. The van der Waals surface area contributed by atoms with Crippen molar-refractivity contribution in [1.82, 2.24) is 0 Å². The van der Waals surface area contributed by atoms with Crippen LogP contribution in [-0.2, 0) is 28.6 Å². The van der Waals surface area contributed by atoms with Crippen LogP contribution in [0.25, 0.3) is 0 Å². The lowest BCUT2D eigenvalue weighted by atomic mass is 10.1.